The zero-order valence-electron chi connectivity index (χ0n) is 13.2. The molecule has 2 unspecified atom stereocenters. The van der Waals surface area contributed by atoms with Gasteiger partial charge in [-0.1, -0.05) is 36.7 Å². The summed E-state index contributed by atoms with van der Waals surface area (Å²) in [5.74, 6) is 1.22. The molecule has 2 aliphatic rings. The highest BCUT2D eigenvalue weighted by molar-refractivity contribution is 7.15. The van der Waals surface area contributed by atoms with Crippen molar-refractivity contribution in [3.8, 4) is 10.4 Å². The van der Waals surface area contributed by atoms with E-state index in [1.807, 2.05) is 24.3 Å². The molecule has 120 valence electrons. The summed E-state index contributed by atoms with van der Waals surface area (Å²) in [5.41, 5.74) is 1.07. The average molecular weight is 346 g/mol. The van der Waals surface area contributed by atoms with Gasteiger partial charge < -0.3 is 4.90 Å². The van der Waals surface area contributed by atoms with Gasteiger partial charge >= 0.3 is 0 Å². The van der Waals surface area contributed by atoms with Gasteiger partial charge in [0.15, 0.2) is 0 Å². The van der Waals surface area contributed by atoms with Crippen LogP contribution in [0.5, 0.6) is 0 Å². The fourth-order valence-electron chi connectivity index (χ4n) is 3.09. The first-order chi connectivity index (χ1) is 11.1. The Balaban J connectivity index is 1.52. The predicted molar refractivity (Wildman–Crippen MR) is 95.6 cm³/mol. The van der Waals surface area contributed by atoms with Crippen LogP contribution >= 0.6 is 22.9 Å². The Morgan fingerprint density at radius 3 is 2.65 bits per heavy atom. The predicted octanol–water partition coefficient (Wildman–Crippen LogP) is 5.22. The highest BCUT2D eigenvalue weighted by Crippen LogP contribution is 2.42. The van der Waals surface area contributed by atoms with Crippen molar-refractivity contribution in [2.45, 2.75) is 38.8 Å². The Bertz CT molecular complexity index is 736. The highest BCUT2D eigenvalue weighted by atomic mass is 35.5. The van der Waals surface area contributed by atoms with Gasteiger partial charge in [-0.25, -0.2) is 0 Å². The molecule has 4 heteroatoms. The minimum absolute atomic E-state index is 0.276. The van der Waals surface area contributed by atoms with Gasteiger partial charge in [0.2, 0.25) is 5.91 Å². The molecule has 2 nitrogen and oxygen atoms in total. The maximum atomic E-state index is 12.6. The van der Waals surface area contributed by atoms with Crippen LogP contribution in [0.15, 0.2) is 36.4 Å². The third kappa shape index (κ3) is 3.17. The summed E-state index contributed by atoms with van der Waals surface area (Å²) < 4.78 is 0. The molecule has 2 saturated carbocycles. The molecule has 0 spiro atoms. The molecule has 4 rings (SSSR count). The zero-order valence-corrected chi connectivity index (χ0v) is 14.7. The van der Waals surface area contributed by atoms with E-state index in [0.29, 0.717) is 17.9 Å². The van der Waals surface area contributed by atoms with Gasteiger partial charge in [0.25, 0.3) is 0 Å². The van der Waals surface area contributed by atoms with Gasteiger partial charge in [-0.2, -0.15) is 0 Å². The van der Waals surface area contributed by atoms with Gasteiger partial charge in [-0.15, -0.1) is 11.3 Å². The number of nitrogens with zero attached hydrogens (tertiary/aromatic N) is 1. The Hall–Kier alpha value is -1.32. The first-order valence-corrected chi connectivity index (χ1v) is 9.47. The summed E-state index contributed by atoms with van der Waals surface area (Å²) in [6.45, 7) is 2.93. The lowest BCUT2D eigenvalue weighted by Gasteiger charge is -2.22. The Labute approximate surface area is 146 Å². The van der Waals surface area contributed by atoms with E-state index >= 15 is 0 Å². The lowest BCUT2D eigenvalue weighted by molar-refractivity contribution is -0.134. The average Bonchev–Trinajstić information content (AvgIpc) is 3.45. The van der Waals surface area contributed by atoms with Gasteiger partial charge in [-0.3, -0.25) is 4.79 Å². The molecule has 0 aliphatic heterocycles. The van der Waals surface area contributed by atoms with Crippen molar-refractivity contribution < 1.29 is 4.79 Å². The first-order valence-electron chi connectivity index (χ1n) is 8.27. The number of thiophene rings is 1. The number of hydrogen-bond acceptors (Lipinski definition) is 2. The number of carbonyl (C=O) groups is 1. The van der Waals surface area contributed by atoms with Crippen molar-refractivity contribution in [3.63, 3.8) is 0 Å². The van der Waals surface area contributed by atoms with E-state index in [9.17, 15) is 4.79 Å². The second-order valence-corrected chi connectivity index (χ2v) is 8.34. The lowest BCUT2D eigenvalue weighted by atomic mass is 10.2. The Kier molecular flexibility index (Phi) is 3.94. The van der Waals surface area contributed by atoms with E-state index in [1.54, 1.807) is 11.3 Å². The normalized spacial score (nSPS) is 22.9. The van der Waals surface area contributed by atoms with Crippen LogP contribution in [0.1, 0.15) is 31.1 Å². The van der Waals surface area contributed by atoms with E-state index in [1.165, 1.54) is 9.75 Å². The van der Waals surface area contributed by atoms with Crippen LogP contribution in [0, 0.1) is 11.8 Å². The molecule has 0 saturated heterocycles. The summed E-state index contributed by atoms with van der Waals surface area (Å²) in [6.07, 6.45) is 3.39. The van der Waals surface area contributed by atoms with Crippen molar-refractivity contribution >= 4 is 28.8 Å². The molecule has 2 atom stereocenters. The van der Waals surface area contributed by atoms with E-state index in [0.717, 1.165) is 36.4 Å². The third-order valence-electron chi connectivity index (χ3n) is 4.82. The maximum absolute atomic E-state index is 12.6. The summed E-state index contributed by atoms with van der Waals surface area (Å²) in [7, 11) is 0. The summed E-state index contributed by atoms with van der Waals surface area (Å²) in [5, 5.41) is 0.780. The molecule has 1 aromatic heterocycles. The zero-order chi connectivity index (χ0) is 16.0. The van der Waals surface area contributed by atoms with E-state index < -0.39 is 0 Å². The van der Waals surface area contributed by atoms with Crippen LogP contribution in [-0.2, 0) is 11.3 Å². The second kappa shape index (κ2) is 5.95. The van der Waals surface area contributed by atoms with Crippen LogP contribution in [0.25, 0.3) is 10.4 Å². The molecule has 2 aromatic rings. The summed E-state index contributed by atoms with van der Waals surface area (Å²) in [4.78, 5) is 17.2. The number of carbonyl (C=O) groups excluding carboxylic acids is 1. The Morgan fingerprint density at radius 2 is 2.00 bits per heavy atom. The van der Waals surface area contributed by atoms with Crippen molar-refractivity contribution in [2.75, 3.05) is 0 Å². The molecule has 1 aromatic carbocycles. The number of halogens is 1. The quantitative estimate of drug-likeness (QED) is 0.727. The van der Waals surface area contributed by atoms with Gasteiger partial charge in [0, 0.05) is 32.3 Å². The van der Waals surface area contributed by atoms with E-state index in [2.05, 4.69) is 24.0 Å². The summed E-state index contributed by atoms with van der Waals surface area (Å²) in [6, 6.07) is 12.7. The molecule has 2 aliphatic carbocycles. The molecule has 0 radical (unpaired) electrons. The van der Waals surface area contributed by atoms with E-state index in [-0.39, 0.29) is 5.92 Å². The molecule has 0 N–H and O–H groups in total. The Morgan fingerprint density at radius 1 is 1.26 bits per heavy atom. The fourth-order valence-corrected chi connectivity index (χ4v) is 4.43. The second-order valence-electron chi connectivity index (χ2n) is 6.76. The maximum Gasteiger partial charge on any atom is 0.226 e. The number of rotatable bonds is 5. The monoisotopic (exact) mass is 345 g/mol. The molecule has 1 amide bonds. The minimum Gasteiger partial charge on any atom is -0.334 e. The van der Waals surface area contributed by atoms with Crippen molar-refractivity contribution in [1.82, 2.24) is 4.90 Å². The van der Waals surface area contributed by atoms with Crippen LogP contribution in [-0.4, -0.2) is 16.8 Å². The van der Waals surface area contributed by atoms with Gasteiger partial charge in [0.05, 0.1) is 6.54 Å². The number of amides is 1. The van der Waals surface area contributed by atoms with Gasteiger partial charge in [-0.05, 0) is 43.4 Å². The van der Waals surface area contributed by atoms with Crippen molar-refractivity contribution in [2.24, 2.45) is 11.8 Å². The van der Waals surface area contributed by atoms with Crippen LogP contribution < -0.4 is 0 Å². The van der Waals surface area contributed by atoms with Crippen LogP contribution in [0.2, 0.25) is 5.02 Å². The molecule has 0 bridgehead atoms. The van der Waals surface area contributed by atoms with E-state index in [4.69, 9.17) is 11.6 Å². The first kappa shape index (κ1) is 15.2. The smallest absolute Gasteiger partial charge is 0.226 e. The van der Waals surface area contributed by atoms with Crippen LogP contribution in [0.3, 0.4) is 0 Å². The minimum atomic E-state index is 0.276. The van der Waals surface area contributed by atoms with Gasteiger partial charge in [0.1, 0.15) is 0 Å². The molecule has 1 heterocycles. The molecule has 23 heavy (non-hydrogen) atoms. The lowest BCUT2D eigenvalue weighted by Crippen LogP contribution is -2.33. The standard InChI is InChI=1S/C19H20ClNOS/c1-12-10-16(12)19(22)21(13-6-7-13)11-14-8-9-18(23-14)15-4-2-3-5-17(15)20/h2-5,8-9,12-13,16H,6-7,10-11H2,1H3. The van der Waals surface area contributed by atoms with Crippen molar-refractivity contribution in [3.05, 3.63) is 46.3 Å². The third-order valence-corrected chi connectivity index (χ3v) is 6.26. The molecule has 2 fully saturated rings. The fraction of sp³-hybridized carbons (Fsp3) is 0.421. The molecular formula is C19H20ClNOS. The highest BCUT2D eigenvalue weighted by Gasteiger charge is 2.45. The van der Waals surface area contributed by atoms with Crippen LogP contribution in [0.4, 0.5) is 0 Å². The number of hydrogen-bond donors (Lipinski definition) is 0. The summed E-state index contributed by atoms with van der Waals surface area (Å²) >= 11 is 8.04. The SMILES string of the molecule is CC1CC1C(=O)N(Cc1ccc(-c2ccccc2Cl)s1)C1CC1. The number of benzene rings is 1. The van der Waals surface area contributed by atoms with Crippen molar-refractivity contribution in [1.29, 1.82) is 0 Å². The largest absolute Gasteiger partial charge is 0.334 e. The molecular weight excluding hydrogens is 326 g/mol. The topological polar surface area (TPSA) is 20.3 Å².